The number of amides is 4. The molecule has 0 radical (unpaired) electrons. The molecule has 1 aliphatic carbocycles. The number of nitrogens with zero attached hydrogens (tertiary/aromatic N) is 2. The Kier molecular flexibility index (Phi) is 2.95. The SMILES string of the molecule is O=C(NC1(C(=O)O)CCC1)N1CCN2C(=O)NCC2C1. The van der Waals surface area contributed by atoms with Gasteiger partial charge in [-0.1, -0.05) is 0 Å². The highest BCUT2D eigenvalue weighted by atomic mass is 16.4. The third-order valence-corrected chi connectivity index (χ3v) is 4.48. The molecule has 4 amide bonds. The number of carboxylic acid groups (broad SMARTS) is 1. The molecule has 0 bridgehead atoms. The number of carbonyl (C=O) groups excluding carboxylic acids is 2. The van der Waals surface area contributed by atoms with E-state index in [0.29, 0.717) is 39.0 Å². The highest BCUT2D eigenvalue weighted by Gasteiger charge is 2.47. The van der Waals surface area contributed by atoms with Crippen LogP contribution >= 0.6 is 0 Å². The zero-order valence-corrected chi connectivity index (χ0v) is 11.1. The minimum absolute atomic E-state index is 0.0100. The van der Waals surface area contributed by atoms with Crippen molar-refractivity contribution in [3.63, 3.8) is 0 Å². The Balaban J connectivity index is 1.61. The molecule has 3 aliphatic rings. The predicted octanol–water partition coefficient (Wildman–Crippen LogP) is -0.587. The Morgan fingerprint density at radius 1 is 1.35 bits per heavy atom. The highest BCUT2D eigenvalue weighted by molar-refractivity contribution is 5.87. The van der Waals surface area contributed by atoms with Crippen LogP contribution in [-0.2, 0) is 4.79 Å². The topological polar surface area (TPSA) is 102 Å². The zero-order chi connectivity index (χ0) is 14.3. The summed E-state index contributed by atoms with van der Waals surface area (Å²) in [6, 6.07) is -0.439. The van der Waals surface area contributed by atoms with Crippen molar-refractivity contribution >= 4 is 18.0 Å². The van der Waals surface area contributed by atoms with Crippen molar-refractivity contribution in [3.8, 4) is 0 Å². The summed E-state index contributed by atoms with van der Waals surface area (Å²) in [6.45, 7) is 1.91. The monoisotopic (exact) mass is 282 g/mol. The minimum Gasteiger partial charge on any atom is -0.480 e. The lowest BCUT2D eigenvalue weighted by Crippen LogP contribution is -2.64. The smallest absolute Gasteiger partial charge is 0.329 e. The number of hydrogen-bond donors (Lipinski definition) is 3. The second-order valence-corrected chi connectivity index (χ2v) is 5.65. The molecule has 20 heavy (non-hydrogen) atoms. The molecule has 1 saturated carbocycles. The van der Waals surface area contributed by atoms with Crippen LogP contribution in [0.25, 0.3) is 0 Å². The number of hydrogen-bond acceptors (Lipinski definition) is 3. The molecule has 110 valence electrons. The standard InChI is InChI=1S/C12H18N4O4/c17-9(18)12(2-1-3-12)14-11(20)15-4-5-16-8(7-15)6-13-10(16)19/h8H,1-7H2,(H,13,19)(H,14,20)(H,17,18). The van der Waals surface area contributed by atoms with Gasteiger partial charge in [-0.15, -0.1) is 0 Å². The quantitative estimate of drug-likeness (QED) is 0.630. The first-order valence-corrected chi connectivity index (χ1v) is 6.87. The Morgan fingerprint density at radius 3 is 2.70 bits per heavy atom. The van der Waals surface area contributed by atoms with E-state index < -0.39 is 11.5 Å². The number of fused-ring (bicyclic) bond motifs is 1. The van der Waals surface area contributed by atoms with E-state index in [0.717, 1.165) is 6.42 Å². The summed E-state index contributed by atoms with van der Waals surface area (Å²) in [6.07, 6.45) is 1.79. The fourth-order valence-corrected chi connectivity index (χ4v) is 2.99. The molecular weight excluding hydrogens is 264 g/mol. The lowest BCUT2D eigenvalue weighted by atomic mass is 9.77. The maximum Gasteiger partial charge on any atom is 0.329 e. The summed E-state index contributed by atoms with van der Waals surface area (Å²) in [5.41, 5.74) is -1.09. The number of carbonyl (C=O) groups is 3. The van der Waals surface area contributed by atoms with Crippen molar-refractivity contribution in [2.24, 2.45) is 0 Å². The van der Waals surface area contributed by atoms with Crippen molar-refractivity contribution in [1.29, 1.82) is 0 Å². The molecule has 3 fully saturated rings. The van der Waals surface area contributed by atoms with E-state index in [2.05, 4.69) is 10.6 Å². The molecule has 3 rings (SSSR count). The van der Waals surface area contributed by atoms with E-state index in [-0.39, 0.29) is 18.1 Å². The van der Waals surface area contributed by atoms with E-state index in [1.807, 2.05) is 0 Å². The van der Waals surface area contributed by atoms with Gasteiger partial charge < -0.3 is 25.5 Å². The fourth-order valence-electron chi connectivity index (χ4n) is 2.99. The summed E-state index contributed by atoms with van der Waals surface area (Å²) in [4.78, 5) is 38.3. The molecule has 0 spiro atoms. The molecular formula is C12H18N4O4. The van der Waals surface area contributed by atoms with Crippen LogP contribution in [0, 0.1) is 0 Å². The molecule has 2 aliphatic heterocycles. The van der Waals surface area contributed by atoms with Gasteiger partial charge in [-0.05, 0) is 19.3 Å². The van der Waals surface area contributed by atoms with Crippen LogP contribution in [0.4, 0.5) is 9.59 Å². The van der Waals surface area contributed by atoms with E-state index >= 15 is 0 Å². The number of rotatable bonds is 2. The Labute approximate surface area is 116 Å². The van der Waals surface area contributed by atoms with Crippen LogP contribution in [0.2, 0.25) is 0 Å². The van der Waals surface area contributed by atoms with E-state index in [1.54, 1.807) is 9.80 Å². The fraction of sp³-hybridized carbons (Fsp3) is 0.750. The van der Waals surface area contributed by atoms with Gasteiger partial charge in [0.2, 0.25) is 0 Å². The lowest BCUT2D eigenvalue weighted by Gasteiger charge is -2.42. The first-order valence-electron chi connectivity index (χ1n) is 6.87. The van der Waals surface area contributed by atoms with Crippen LogP contribution in [0.15, 0.2) is 0 Å². The highest BCUT2D eigenvalue weighted by Crippen LogP contribution is 2.32. The van der Waals surface area contributed by atoms with Crippen molar-refractivity contribution in [2.45, 2.75) is 30.8 Å². The second-order valence-electron chi connectivity index (χ2n) is 5.65. The van der Waals surface area contributed by atoms with Gasteiger partial charge >= 0.3 is 18.0 Å². The molecule has 0 aromatic carbocycles. The number of nitrogens with one attached hydrogen (secondary N) is 2. The first-order chi connectivity index (χ1) is 9.52. The summed E-state index contributed by atoms with van der Waals surface area (Å²) in [5, 5.41) is 14.6. The Hall–Kier alpha value is -1.99. The Bertz CT molecular complexity index is 462. The van der Waals surface area contributed by atoms with Crippen molar-refractivity contribution in [2.75, 3.05) is 26.2 Å². The second kappa shape index (κ2) is 4.53. The summed E-state index contributed by atoms with van der Waals surface area (Å²) in [7, 11) is 0. The summed E-state index contributed by atoms with van der Waals surface area (Å²) in [5.74, 6) is -0.964. The minimum atomic E-state index is -1.09. The van der Waals surface area contributed by atoms with Crippen LogP contribution in [0.5, 0.6) is 0 Å². The third-order valence-electron chi connectivity index (χ3n) is 4.48. The molecule has 0 aromatic rings. The molecule has 1 atom stereocenters. The van der Waals surface area contributed by atoms with E-state index in [4.69, 9.17) is 0 Å². The van der Waals surface area contributed by atoms with Gasteiger partial charge in [0.1, 0.15) is 5.54 Å². The maximum absolute atomic E-state index is 12.2. The van der Waals surface area contributed by atoms with Crippen LogP contribution in [-0.4, -0.2) is 70.7 Å². The Morgan fingerprint density at radius 2 is 2.10 bits per heavy atom. The molecule has 2 heterocycles. The van der Waals surface area contributed by atoms with Gasteiger partial charge in [0.05, 0.1) is 6.04 Å². The third kappa shape index (κ3) is 1.95. The van der Waals surface area contributed by atoms with Crippen LogP contribution in [0.1, 0.15) is 19.3 Å². The van der Waals surface area contributed by atoms with Crippen LogP contribution < -0.4 is 10.6 Å². The number of piperazine rings is 1. The number of aliphatic carboxylic acids is 1. The zero-order valence-electron chi connectivity index (χ0n) is 11.1. The van der Waals surface area contributed by atoms with Crippen molar-refractivity contribution in [1.82, 2.24) is 20.4 Å². The molecule has 3 N–H and O–H groups in total. The number of urea groups is 2. The summed E-state index contributed by atoms with van der Waals surface area (Å²) >= 11 is 0. The molecule has 1 unspecified atom stereocenters. The average molecular weight is 282 g/mol. The molecule has 0 aromatic heterocycles. The normalized spacial score (nSPS) is 27.4. The van der Waals surface area contributed by atoms with Gasteiger partial charge in [0, 0.05) is 26.2 Å². The number of carboxylic acids is 1. The van der Waals surface area contributed by atoms with Gasteiger partial charge in [-0.25, -0.2) is 14.4 Å². The average Bonchev–Trinajstić information content (AvgIpc) is 2.74. The summed E-state index contributed by atoms with van der Waals surface area (Å²) < 4.78 is 0. The maximum atomic E-state index is 12.2. The molecule has 8 nitrogen and oxygen atoms in total. The van der Waals surface area contributed by atoms with Gasteiger partial charge in [-0.3, -0.25) is 0 Å². The van der Waals surface area contributed by atoms with Crippen molar-refractivity contribution < 1.29 is 19.5 Å². The van der Waals surface area contributed by atoms with E-state index in [1.165, 1.54) is 0 Å². The first kappa shape index (κ1) is 13.0. The molecule has 8 heteroatoms. The largest absolute Gasteiger partial charge is 0.480 e. The van der Waals surface area contributed by atoms with Gasteiger partial charge in [0.25, 0.3) is 0 Å². The van der Waals surface area contributed by atoms with Gasteiger partial charge in [-0.2, -0.15) is 0 Å². The van der Waals surface area contributed by atoms with Crippen molar-refractivity contribution in [3.05, 3.63) is 0 Å². The molecule has 2 saturated heterocycles. The van der Waals surface area contributed by atoms with Crippen LogP contribution in [0.3, 0.4) is 0 Å². The predicted molar refractivity (Wildman–Crippen MR) is 68.2 cm³/mol. The van der Waals surface area contributed by atoms with Gasteiger partial charge in [0.15, 0.2) is 0 Å². The van der Waals surface area contributed by atoms with E-state index in [9.17, 15) is 19.5 Å². The lowest BCUT2D eigenvalue weighted by molar-refractivity contribution is -0.148.